The molecule has 1 aromatic rings. The van der Waals surface area contributed by atoms with E-state index in [2.05, 4.69) is 27.2 Å². The molecule has 0 unspecified atom stereocenters. The van der Waals surface area contributed by atoms with Crippen LogP contribution < -0.4 is 14.8 Å². The number of rotatable bonds is 5. The van der Waals surface area contributed by atoms with Crippen LogP contribution in [0, 0.1) is 12.3 Å². The fourth-order valence-electron chi connectivity index (χ4n) is 1.33. The van der Waals surface area contributed by atoms with Crippen LogP contribution in [0.15, 0.2) is 16.6 Å². The van der Waals surface area contributed by atoms with Crippen molar-refractivity contribution in [2.75, 3.05) is 20.8 Å². The van der Waals surface area contributed by atoms with Gasteiger partial charge in [0.25, 0.3) is 0 Å². The summed E-state index contributed by atoms with van der Waals surface area (Å²) in [6.45, 7) is 0.991. The molecule has 3 nitrogen and oxygen atoms in total. The normalized spacial score (nSPS) is 9.62. The predicted molar refractivity (Wildman–Crippen MR) is 67.8 cm³/mol. The van der Waals surface area contributed by atoms with E-state index in [1.807, 2.05) is 19.2 Å². The van der Waals surface area contributed by atoms with Gasteiger partial charge in [0, 0.05) is 6.54 Å². The Labute approximate surface area is 104 Å². The van der Waals surface area contributed by atoms with Gasteiger partial charge in [-0.05, 0) is 40.7 Å². The molecule has 0 aliphatic carbocycles. The number of ether oxygens (including phenoxy) is 2. The Balaban J connectivity index is 3.03. The minimum Gasteiger partial charge on any atom is -0.493 e. The highest BCUT2D eigenvalue weighted by Crippen LogP contribution is 2.36. The van der Waals surface area contributed by atoms with Crippen molar-refractivity contribution in [1.29, 1.82) is 0 Å². The van der Waals surface area contributed by atoms with Gasteiger partial charge < -0.3 is 14.8 Å². The van der Waals surface area contributed by atoms with Crippen LogP contribution in [0.2, 0.25) is 0 Å². The molecule has 0 atom stereocenters. The molecule has 0 radical (unpaired) electrons. The second kappa shape index (κ2) is 6.41. The third-order valence-electron chi connectivity index (χ3n) is 1.97. The maximum Gasteiger partial charge on any atom is 0.176 e. The van der Waals surface area contributed by atoms with Gasteiger partial charge in [-0.1, -0.05) is 5.92 Å². The molecule has 0 saturated carbocycles. The standard InChI is InChI=1S/C12H14BrNO2/c1-4-5-16-12-10(13)6-9(8-14-2)7-11(12)15-3/h1,6-7,14H,5,8H2,2-3H3. The van der Waals surface area contributed by atoms with Crippen molar-refractivity contribution in [3.8, 4) is 23.8 Å². The molecule has 0 fully saturated rings. The Morgan fingerprint density at radius 2 is 2.25 bits per heavy atom. The van der Waals surface area contributed by atoms with Crippen molar-refractivity contribution >= 4 is 15.9 Å². The van der Waals surface area contributed by atoms with E-state index in [0.717, 1.165) is 16.6 Å². The Morgan fingerprint density at radius 3 is 2.81 bits per heavy atom. The monoisotopic (exact) mass is 283 g/mol. The summed E-state index contributed by atoms with van der Waals surface area (Å²) in [4.78, 5) is 0. The number of hydrogen-bond donors (Lipinski definition) is 1. The van der Waals surface area contributed by atoms with Crippen LogP contribution in [-0.4, -0.2) is 20.8 Å². The molecular weight excluding hydrogens is 270 g/mol. The zero-order valence-corrected chi connectivity index (χ0v) is 10.9. The van der Waals surface area contributed by atoms with Crippen LogP contribution in [0.5, 0.6) is 11.5 Å². The summed E-state index contributed by atoms with van der Waals surface area (Å²) >= 11 is 3.44. The van der Waals surface area contributed by atoms with Crippen molar-refractivity contribution in [2.45, 2.75) is 6.54 Å². The Hall–Kier alpha value is -1.18. The van der Waals surface area contributed by atoms with Crippen LogP contribution in [0.25, 0.3) is 0 Å². The lowest BCUT2D eigenvalue weighted by molar-refractivity contribution is 0.328. The molecular formula is C12H14BrNO2. The molecule has 1 N–H and O–H groups in total. The number of hydrogen-bond acceptors (Lipinski definition) is 3. The molecule has 1 rings (SSSR count). The lowest BCUT2D eigenvalue weighted by atomic mass is 10.2. The average Bonchev–Trinajstić information content (AvgIpc) is 2.27. The van der Waals surface area contributed by atoms with Crippen LogP contribution in [-0.2, 0) is 6.54 Å². The summed E-state index contributed by atoms with van der Waals surface area (Å²) in [7, 11) is 3.50. The summed E-state index contributed by atoms with van der Waals surface area (Å²) in [5.74, 6) is 3.74. The lowest BCUT2D eigenvalue weighted by Crippen LogP contribution is -2.06. The van der Waals surface area contributed by atoms with Crippen molar-refractivity contribution in [3.63, 3.8) is 0 Å². The number of halogens is 1. The number of terminal acetylenes is 1. The summed E-state index contributed by atoms with van der Waals surface area (Å²) < 4.78 is 11.5. The van der Waals surface area contributed by atoms with E-state index in [1.54, 1.807) is 7.11 Å². The maximum absolute atomic E-state index is 5.41. The lowest BCUT2D eigenvalue weighted by Gasteiger charge is -2.12. The Kier molecular flexibility index (Phi) is 5.17. The molecule has 0 heterocycles. The quantitative estimate of drug-likeness (QED) is 0.841. The van der Waals surface area contributed by atoms with Crippen LogP contribution in [0.1, 0.15) is 5.56 Å². The van der Waals surface area contributed by atoms with Crippen LogP contribution in [0.3, 0.4) is 0 Å². The molecule has 4 heteroatoms. The van der Waals surface area contributed by atoms with E-state index in [-0.39, 0.29) is 6.61 Å². The van der Waals surface area contributed by atoms with Crippen molar-refractivity contribution in [2.24, 2.45) is 0 Å². The molecule has 0 spiro atoms. The molecule has 0 amide bonds. The summed E-state index contributed by atoms with van der Waals surface area (Å²) in [5, 5.41) is 3.08. The molecule has 0 saturated heterocycles. The number of nitrogens with one attached hydrogen (secondary N) is 1. The first-order valence-corrected chi connectivity index (χ1v) is 5.59. The molecule has 0 aromatic heterocycles. The van der Waals surface area contributed by atoms with Gasteiger partial charge in [0.15, 0.2) is 11.5 Å². The second-order valence-corrected chi connectivity index (χ2v) is 3.99. The minimum absolute atomic E-state index is 0.223. The third-order valence-corrected chi connectivity index (χ3v) is 2.56. The molecule has 16 heavy (non-hydrogen) atoms. The largest absolute Gasteiger partial charge is 0.493 e. The van der Waals surface area contributed by atoms with Crippen molar-refractivity contribution in [1.82, 2.24) is 5.32 Å². The zero-order chi connectivity index (χ0) is 12.0. The molecule has 0 bridgehead atoms. The van der Waals surface area contributed by atoms with E-state index in [9.17, 15) is 0 Å². The van der Waals surface area contributed by atoms with Gasteiger partial charge in [-0.25, -0.2) is 0 Å². The van der Waals surface area contributed by atoms with Gasteiger partial charge in [0.1, 0.15) is 6.61 Å². The van der Waals surface area contributed by atoms with Gasteiger partial charge >= 0.3 is 0 Å². The minimum atomic E-state index is 0.223. The topological polar surface area (TPSA) is 30.5 Å². The van der Waals surface area contributed by atoms with Gasteiger partial charge in [-0.2, -0.15) is 0 Å². The Morgan fingerprint density at radius 1 is 1.50 bits per heavy atom. The molecule has 0 aliphatic heterocycles. The fourth-order valence-corrected chi connectivity index (χ4v) is 1.94. The summed E-state index contributed by atoms with van der Waals surface area (Å²) in [5.41, 5.74) is 1.11. The van der Waals surface area contributed by atoms with E-state index in [0.29, 0.717) is 11.5 Å². The second-order valence-electron chi connectivity index (χ2n) is 3.13. The SMILES string of the molecule is C#CCOc1c(Br)cc(CNC)cc1OC. The van der Waals surface area contributed by atoms with Crippen molar-refractivity contribution < 1.29 is 9.47 Å². The number of methoxy groups -OCH3 is 1. The zero-order valence-electron chi connectivity index (χ0n) is 9.34. The van der Waals surface area contributed by atoms with E-state index >= 15 is 0 Å². The number of benzene rings is 1. The van der Waals surface area contributed by atoms with Crippen molar-refractivity contribution in [3.05, 3.63) is 22.2 Å². The molecule has 0 aliphatic rings. The fraction of sp³-hybridized carbons (Fsp3) is 0.333. The van der Waals surface area contributed by atoms with Gasteiger partial charge in [0.05, 0.1) is 11.6 Å². The third kappa shape index (κ3) is 3.16. The highest BCUT2D eigenvalue weighted by molar-refractivity contribution is 9.10. The first-order valence-electron chi connectivity index (χ1n) is 4.80. The highest BCUT2D eigenvalue weighted by atomic mass is 79.9. The van der Waals surface area contributed by atoms with E-state index < -0.39 is 0 Å². The first kappa shape index (κ1) is 12.9. The smallest absolute Gasteiger partial charge is 0.176 e. The first-order chi connectivity index (χ1) is 7.72. The van der Waals surface area contributed by atoms with E-state index in [1.165, 1.54) is 0 Å². The predicted octanol–water partition coefficient (Wildman–Crippen LogP) is 2.19. The van der Waals surface area contributed by atoms with Gasteiger partial charge in [-0.3, -0.25) is 0 Å². The summed E-state index contributed by atoms with van der Waals surface area (Å²) in [6, 6.07) is 3.90. The van der Waals surface area contributed by atoms with Crippen LogP contribution in [0.4, 0.5) is 0 Å². The molecule has 1 aromatic carbocycles. The van der Waals surface area contributed by atoms with Gasteiger partial charge in [-0.15, -0.1) is 6.42 Å². The van der Waals surface area contributed by atoms with Crippen LogP contribution >= 0.6 is 15.9 Å². The van der Waals surface area contributed by atoms with Gasteiger partial charge in [0.2, 0.25) is 0 Å². The maximum atomic E-state index is 5.41. The summed E-state index contributed by atoms with van der Waals surface area (Å²) in [6.07, 6.45) is 5.15. The van der Waals surface area contributed by atoms with E-state index in [4.69, 9.17) is 15.9 Å². The highest BCUT2D eigenvalue weighted by Gasteiger charge is 2.10. The average molecular weight is 284 g/mol. The Bertz CT molecular complexity index is 399. The molecule has 86 valence electrons.